The normalized spacial score (nSPS) is 9.75. The number of rotatable bonds is 5. The Labute approximate surface area is 144 Å². The molecule has 6 nitrogen and oxygen atoms in total. The van der Waals surface area contributed by atoms with Crippen LogP contribution < -0.4 is 10.6 Å². The molecule has 2 aromatic rings. The van der Waals surface area contributed by atoms with Crippen molar-refractivity contribution in [2.24, 2.45) is 0 Å². The minimum atomic E-state index is -0.220. The zero-order valence-electron chi connectivity index (χ0n) is 13.5. The third kappa shape index (κ3) is 4.40. The van der Waals surface area contributed by atoms with E-state index in [0.717, 1.165) is 30.1 Å². The molecule has 1 aromatic heterocycles. The molecule has 0 aliphatic carbocycles. The highest BCUT2D eigenvalue weighted by molar-refractivity contribution is 7.08. The SMILES string of the molecule is CCCc1nnsc1C(=O)NCC#Cc1ccccc1C(=O)NC. The van der Waals surface area contributed by atoms with E-state index in [0.29, 0.717) is 16.0 Å². The van der Waals surface area contributed by atoms with E-state index in [1.54, 1.807) is 25.2 Å². The zero-order chi connectivity index (χ0) is 17.4. The van der Waals surface area contributed by atoms with Crippen LogP contribution in [0.4, 0.5) is 0 Å². The molecular weight excluding hydrogens is 324 g/mol. The highest BCUT2D eigenvalue weighted by atomic mass is 32.1. The van der Waals surface area contributed by atoms with Gasteiger partial charge in [-0.3, -0.25) is 9.59 Å². The number of aromatic nitrogens is 2. The van der Waals surface area contributed by atoms with Crippen molar-refractivity contribution in [1.29, 1.82) is 0 Å². The van der Waals surface area contributed by atoms with Gasteiger partial charge in [-0.05, 0) is 30.1 Å². The van der Waals surface area contributed by atoms with Gasteiger partial charge in [0.15, 0.2) is 0 Å². The number of nitrogens with zero attached hydrogens (tertiary/aromatic N) is 2. The van der Waals surface area contributed by atoms with Crippen LogP contribution in [0.5, 0.6) is 0 Å². The zero-order valence-corrected chi connectivity index (χ0v) is 14.4. The first-order valence-electron chi connectivity index (χ1n) is 7.56. The maximum atomic E-state index is 12.1. The molecule has 0 aliphatic heterocycles. The fourth-order valence-corrected chi connectivity index (χ4v) is 2.67. The molecule has 0 bridgehead atoms. The summed E-state index contributed by atoms with van der Waals surface area (Å²) in [6, 6.07) is 7.08. The molecule has 124 valence electrons. The Morgan fingerprint density at radius 2 is 2.04 bits per heavy atom. The Bertz CT molecular complexity index is 789. The van der Waals surface area contributed by atoms with Crippen molar-refractivity contribution in [2.75, 3.05) is 13.6 Å². The second-order valence-corrected chi connectivity index (χ2v) is 5.66. The Hall–Kier alpha value is -2.72. The number of hydrogen-bond donors (Lipinski definition) is 2. The predicted molar refractivity (Wildman–Crippen MR) is 92.9 cm³/mol. The summed E-state index contributed by atoms with van der Waals surface area (Å²) in [5, 5.41) is 9.28. The maximum absolute atomic E-state index is 12.1. The number of carbonyl (C=O) groups is 2. The first kappa shape index (κ1) is 17.6. The van der Waals surface area contributed by atoms with E-state index >= 15 is 0 Å². The number of hydrogen-bond acceptors (Lipinski definition) is 5. The molecule has 0 saturated heterocycles. The molecule has 0 fully saturated rings. The number of carbonyl (C=O) groups excluding carboxylic acids is 2. The van der Waals surface area contributed by atoms with E-state index in [1.165, 1.54) is 0 Å². The Morgan fingerprint density at radius 3 is 2.79 bits per heavy atom. The Morgan fingerprint density at radius 1 is 1.25 bits per heavy atom. The summed E-state index contributed by atoms with van der Waals surface area (Å²) in [5.41, 5.74) is 1.85. The summed E-state index contributed by atoms with van der Waals surface area (Å²) in [5.74, 6) is 5.37. The monoisotopic (exact) mass is 342 g/mol. The van der Waals surface area contributed by atoms with Crippen molar-refractivity contribution in [2.45, 2.75) is 19.8 Å². The molecule has 2 amide bonds. The van der Waals surface area contributed by atoms with Crippen molar-refractivity contribution in [3.63, 3.8) is 0 Å². The third-order valence-corrected chi connectivity index (χ3v) is 3.97. The van der Waals surface area contributed by atoms with Crippen LogP contribution in [0, 0.1) is 11.8 Å². The first-order chi connectivity index (χ1) is 11.7. The quantitative estimate of drug-likeness (QED) is 0.809. The van der Waals surface area contributed by atoms with Crippen LogP contribution in [-0.2, 0) is 6.42 Å². The van der Waals surface area contributed by atoms with Crippen molar-refractivity contribution in [3.8, 4) is 11.8 Å². The third-order valence-electron chi connectivity index (χ3n) is 3.21. The Balaban J connectivity index is 2.01. The van der Waals surface area contributed by atoms with Gasteiger partial charge in [-0.15, -0.1) is 5.10 Å². The average Bonchev–Trinajstić information content (AvgIpc) is 3.07. The standard InChI is InChI=1S/C17H18N4O2S/c1-3-7-14-15(24-21-20-14)17(23)19-11-6-9-12-8-4-5-10-13(12)16(22)18-2/h4-5,8,10H,3,7,11H2,1-2H3,(H,18,22)(H,19,23). The molecule has 7 heteroatoms. The van der Waals surface area contributed by atoms with Crippen molar-refractivity contribution in [3.05, 3.63) is 46.0 Å². The van der Waals surface area contributed by atoms with Gasteiger partial charge < -0.3 is 10.6 Å². The van der Waals surface area contributed by atoms with Gasteiger partial charge in [-0.25, -0.2) is 0 Å². The largest absolute Gasteiger partial charge is 0.355 e. The van der Waals surface area contributed by atoms with Crippen LogP contribution in [0.2, 0.25) is 0 Å². The molecule has 24 heavy (non-hydrogen) atoms. The predicted octanol–water partition coefficient (Wildman–Crippen LogP) is 1.63. The summed E-state index contributed by atoms with van der Waals surface area (Å²) in [7, 11) is 1.57. The summed E-state index contributed by atoms with van der Waals surface area (Å²) in [4.78, 5) is 24.4. The number of aryl methyl sites for hydroxylation is 1. The highest BCUT2D eigenvalue weighted by Crippen LogP contribution is 2.12. The number of nitrogens with one attached hydrogen (secondary N) is 2. The van der Waals surface area contributed by atoms with Crippen LogP contribution in [0.1, 0.15) is 44.6 Å². The van der Waals surface area contributed by atoms with Gasteiger partial charge in [-0.2, -0.15) is 0 Å². The molecular formula is C17H18N4O2S. The molecule has 0 saturated carbocycles. The molecule has 0 atom stereocenters. The van der Waals surface area contributed by atoms with Crippen molar-refractivity contribution < 1.29 is 9.59 Å². The molecule has 0 aliphatic rings. The highest BCUT2D eigenvalue weighted by Gasteiger charge is 2.14. The van der Waals surface area contributed by atoms with Gasteiger partial charge in [0.25, 0.3) is 11.8 Å². The summed E-state index contributed by atoms with van der Waals surface area (Å²) >= 11 is 1.09. The average molecular weight is 342 g/mol. The van der Waals surface area contributed by atoms with E-state index in [1.807, 2.05) is 13.0 Å². The molecule has 0 radical (unpaired) electrons. The van der Waals surface area contributed by atoms with E-state index in [-0.39, 0.29) is 18.4 Å². The minimum absolute atomic E-state index is 0.185. The maximum Gasteiger partial charge on any atom is 0.265 e. The first-order valence-corrected chi connectivity index (χ1v) is 8.34. The fourth-order valence-electron chi connectivity index (χ4n) is 2.05. The van der Waals surface area contributed by atoms with E-state index in [4.69, 9.17) is 0 Å². The molecule has 0 spiro atoms. The summed E-state index contributed by atoms with van der Waals surface area (Å²) in [6.45, 7) is 2.21. The van der Waals surface area contributed by atoms with Crippen LogP contribution in [0.15, 0.2) is 24.3 Å². The van der Waals surface area contributed by atoms with E-state index in [2.05, 4.69) is 32.1 Å². The van der Waals surface area contributed by atoms with E-state index < -0.39 is 0 Å². The second-order valence-electron chi connectivity index (χ2n) is 4.91. The van der Waals surface area contributed by atoms with Gasteiger partial charge in [0.05, 0.1) is 17.8 Å². The summed E-state index contributed by atoms with van der Waals surface area (Å²) in [6.07, 6.45) is 1.63. The van der Waals surface area contributed by atoms with Crippen LogP contribution >= 0.6 is 11.5 Å². The number of amides is 2. The molecule has 2 N–H and O–H groups in total. The Kier molecular flexibility index (Phi) is 6.46. The smallest absolute Gasteiger partial charge is 0.265 e. The molecule has 2 rings (SSSR count). The minimum Gasteiger partial charge on any atom is -0.355 e. The lowest BCUT2D eigenvalue weighted by molar-refractivity contribution is 0.0953. The van der Waals surface area contributed by atoms with E-state index in [9.17, 15) is 9.59 Å². The van der Waals surface area contributed by atoms with Crippen molar-refractivity contribution in [1.82, 2.24) is 20.2 Å². The second kappa shape index (κ2) is 8.79. The fraction of sp³-hybridized carbons (Fsp3) is 0.294. The van der Waals surface area contributed by atoms with Gasteiger partial charge in [0.2, 0.25) is 0 Å². The summed E-state index contributed by atoms with van der Waals surface area (Å²) < 4.78 is 3.83. The topological polar surface area (TPSA) is 84.0 Å². The van der Waals surface area contributed by atoms with Crippen LogP contribution in [-0.4, -0.2) is 35.0 Å². The van der Waals surface area contributed by atoms with Crippen LogP contribution in [0.3, 0.4) is 0 Å². The molecule has 1 heterocycles. The lowest BCUT2D eigenvalue weighted by Crippen LogP contribution is -2.23. The van der Waals surface area contributed by atoms with Crippen LogP contribution in [0.25, 0.3) is 0 Å². The van der Waals surface area contributed by atoms with Gasteiger partial charge in [0.1, 0.15) is 4.88 Å². The number of benzene rings is 1. The lowest BCUT2D eigenvalue weighted by Gasteiger charge is -2.02. The van der Waals surface area contributed by atoms with Gasteiger partial charge in [-0.1, -0.05) is 41.8 Å². The molecule has 0 unspecified atom stereocenters. The van der Waals surface area contributed by atoms with Gasteiger partial charge >= 0.3 is 0 Å². The van der Waals surface area contributed by atoms with Gasteiger partial charge in [0, 0.05) is 12.6 Å². The lowest BCUT2D eigenvalue weighted by atomic mass is 10.1. The van der Waals surface area contributed by atoms with Crippen molar-refractivity contribution >= 4 is 23.3 Å². The molecule has 1 aromatic carbocycles.